The minimum absolute atomic E-state index is 0.270. The summed E-state index contributed by atoms with van der Waals surface area (Å²) in [6.07, 6.45) is 0. The molecule has 0 unspecified atom stereocenters. The molecule has 2 aromatic rings. The van der Waals surface area contributed by atoms with Gasteiger partial charge in [0.2, 0.25) is 0 Å². The zero-order valence-electron chi connectivity index (χ0n) is 11.5. The standard InChI is InChI=1S/C16H17NO3/c1-11-6-7-15(20-2)13(8-11)10-17-14-5-3-4-12(9-14)16(18)19/h3-9,17H,10H2,1-2H3,(H,18,19). The van der Waals surface area contributed by atoms with Crippen LogP contribution in [0.4, 0.5) is 5.69 Å². The van der Waals surface area contributed by atoms with Gasteiger partial charge in [0.1, 0.15) is 5.75 Å². The molecule has 0 amide bonds. The number of rotatable bonds is 5. The highest BCUT2D eigenvalue weighted by Gasteiger charge is 2.05. The van der Waals surface area contributed by atoms with Gasteiger partial charge in [-0.15, -0.1) is 0 Å². The summed E-state index contributed by atoms with van der Waals surface area (Å²) in [5.74, 6) is -0.112. The SMILES string of the molecule is COc1ccc(C)cc1CNc1cccc(C(=O)O)c1. The van der Waals surface area contributed by atoms with Crippen LogP contribution in [-0.4, -0.2) is 18.2 Å². The first-order chi connectivity index (χ1) is 9.60. The third-order valence-corrected chi connectivity index (χ3v) is 3.03. The highest BCUT2D eigenvalue weighted by atomic mass is 16.5. The van der Waals surface area contributed by atoms with Crippen molar-refractivity contribution in [1.82, 2.24) is 0 Å². The molecule has 4 heteroatoms. The van der Waals surface area contributed by atoms with Gasteiger partial charge in [0.25, 0.3) is 0 Å². The maximum absolute atomic E-state index is 10.9. The zero-order chi connectivity index (χ0) is 14.5. The number of carboxylic acid groups (broad SMARTS) is 1. The van der Waals surface area contributed by atoms with Crippen LogP contribution in [0.1, 0.15) is 21.5 Å². The number of benzene rings is 2. The van der Waals surface area contributed by atoms with E-state index < -0.39 is 5.97 Å². The third kappa shape index (κ3) is 3.29. The molecular weight excluding hydrogens is 254 g/mol. The number of hydrogen-bond acceptors (Lipinski definition) is 3. The van der Waals surface area contributed by atoms with E-state index in [4.69, 9.17) is 9.84 Å². The average Bonchev–Trinajstić information content (AvgIpc) is 2.45. The van der Waals surface area contributed by atoms with Crippen LogP contribution in [0.25, 0.3) is 0 Å². The molecule has 2 N–H and O–H groups in total. The number of carbonyl (C=O) groups is 1. The van der Waals surface area contributed by atoms with Gasteiger partial charge in [-0.2, -0.15) is 0 Å². The highest BCUT2D eigenvalue weighted by molar-refractivity contribution is 5.88. The molecule has 0 aliphatic heterocycles. The number of methoxy groups -OCH3 is 1. The van der Waals surface area contributed by atoms with Crippen molar-refractivity contribution >= 4 is 11.7 Å². The Morgan fingerprint density at radius 1 is 1.25 bits per heavy atom. The molecule has 2 aromatic carbocycles. The van der Waals surface area contributed by atoms with Crippen LogP contribution in [0.3, 0.4) is 0 Å². The molecule has 104 valence electrons. The molecule has 0 saturated carbocycles. The van der Waals surface area contributed by atoms with Gasteiger partial charge in [-0.05, 0) is 31.2 Å². The minimum atomic E-state index is -0.929. The summed E-state index contributed by atoms with van der Waals surface area (Å²) >= 11 is 0. The van der Waals surface area contributed by atoms with Crippen LogP contribution >= 0.6 is 0 Å². The maximum atomic E-state index is 10.9. The molecule has 0 saturated heterocycles. The number of anilines is 1. The molecule has 0 spiro atoms. The van der Waals surface area contributed by atoms with Crippen molar-refractivity contribution in [2.75, 3.05) is 12.4 Å². The normalized spacial score (nSPS) is 10.1. The fourth-order valence-electron chi connectivity index (χ4n) is 2.00. The number of carboxylic acids is 1. The van der Waals surface area contributed by atoms with Gasteiger partial charge in [0.15, 0.2) is 0 Å². The Morgan fingerprint density at radius 3 is 2.75 bits per heavy atom. The lowest BCUT2D eigenvalue weighted by molar-refractivity contribution is 0.0697. The Morgan fingerprint density at radius 2 is 2.05 bits per heavy atom. The fourth-order valence-corrected chi connectivity index (χ4v) is 2.00. The molecule has 0 radical (unpaired) electrons. The Hall–Kier alpha value is -2.49. The van der Waals surface area contributed by atoms with E-state index in [-0.39, 0.29) is 5.56 Å². The second kappa shape index (κ2) is 6.10. The van der Waals surface area contributed by atoms with Crippen LogP contribution in [0.15, 0.2) is 42.5 Å². The van der Waals surface area contributed by atoms with Gasteiger partial charge in [-0.1, -0.05) is 23.8 Å². The van der Waals surface area contributed by atoms with Crippen molar-refractivity contribution in [1.29, 1.82) is 0 Å². The van der Waals surface area contributed by atoms with E-state index >= 15 is 0 Å². The summed E-state index contributed by atoms with van der Waals surface area (Å²) < 4.78 is 5.32. The van der Waals surface area contributed by atoms with Gasteiger partial charge < -0.3 is 15.2 Å². The smallest absolute Gasteiger partial charge is 0.335 e. The van der Waals surface area contributed by atoms with Crippen molar-refractivity contribution in [3.63, 3.8) is 0 Å². The fraction of sp³-hybridized carbons (Fsp3) is 0.188. The average molecular weight is 271 g/mol. The third-order valence-electron chi connectivity index (χ3n) is 3.03. The molecule has 0 aliphatic carbocycles. The minimum Gasteiger partial charge on any atom is -0.496 e. The second-order valence-corrected chi connectivity index (χ2v) is 4.55. The lowest BCUT2D eigenvalue weighted by atomic mass is 10.1. The topological polar surface area (TPSA) is 58.6 Å². The molecule has 0 bridgehead atoms. The van der Waals surface area contributed by atoms with Gasteiger partial charge in [-0.3, -0.25) is 0 Å². The highest BCUT2D eigenvalue weighted by Crippen LogP contribution is 2.21. The van der Waals surface area contributed by atoms with Crippen molar-refractivity contribution in [3.05, 3.63) is 59.2 Å². The van der Waals surface area contributed by atoms with E-state index in [1.165, 1.54) is 0 Å². The van der Waals surface area contributed by atoms with Crippen molar-refractivity contribution in [3.8, 4) is 5.75 Å². The van der Waals surface area contributed by atoms with Gasteiger partial charge in [-0.25, -0.2) is 4.79 Å². The van der Waals surface area contributed by atoms with E-state index in [9.17, 15) is 4.79 Å². The molecule has 2 rings (SSSR count). The van der Waals surface area contributed by atoms with Crippen LogP contribution in [0, 0.1) is 6.92 Å². The molecular formula is C16H17NO3. The van der Waals surface area contributed by atoms with Crippen LogP contribution in [0.5, 0.6) is 5.75 Å². The second-order valence-electron chi connectivity index (χ2n) is 4.55. The summed E-state index contributed by atoms with van der Waals surface area (Å²) in [6.45, 7) is 2.60. The lowest BCUT2D eigenvalue weighted by Crippen LogP contribution is -2.03. The number of aryl methyl sites for hydroxylation is 1. The van der Waals surface area contributed by atoms with E-state index in [1.54, 1.807) is 25.3 Å². The van der Waals surface area contributed by atoms with Crippen molar-refractivity contribution in [2.45, 2.75) is 13.5 Å². The molecule has 0 atom stereocenters. The number of hydrogen-bond donors (Lipinski definition) is 2. The number of ether oxygens (including phenoxy) is 1. The van der Waals surface area contributed by atoms with E-state index in [0.717, 1.165) is 22.6 Å². The van der Waals surface area contributed by atoms with Crippen molar-refractivity contribution < 1.29 is 14.6 Å². The summed E-state index contributed by atoms with van der Waals surface area (Å²) in [7, 11) is 1.64. The van der Waals surface area contributed by atoms with Crippen LogP contribution in [0.2, 0.25) is 0 Å². The van der Waals surface area contributed by atoms with Gasteiger partial charge in [0, 0.05) is 17.8 Å². The Balaban J connectivity index is 2.14. The first-order valence-corrected chi connectivity index (χ1v) is 6.31. The van der Waals surface area contributed by atoms with Crippen LogP contribution < -0.4 is 10.1 Å². The van der Waals surface area contributed by atoms with Gasteiger partial charge >= 0.3 is 5.97 Å². The molecule has 4 nitrogen and oxygen atoms in total. The Bertz CT molecular complexity index is 623. The maximum Gasteiger partial charge on any atom is 0.335 e. The zero-order valence-corrected chi connectivity index (χ0v) is 11.5. The first kappa shape index (κ1) is 13.9. The summed E-state index contributed by atoms with van der Waals surface area (Å²) in [4.78, 5) is 10.9. The molecule has 0 aromatic heterocycles. The number of nitrogens with one attached hydrogen (secondary N) is 1. The quantitative estimate of drug-likeness (QED) is 0.876. The molecule has 0 aliphatic rings. The van der Waals surface area contributed by atoms with E-state index in [2.05, 4.69) is 5.32 Å². The largest absolute Gasteiger partial charge is 0.496 e. The summed E-state index contributed by atoms with van der Waals surface area (Å²) in [6, 6.07) is 12.7. The summed E-state index contributed by atoms with van der Waals surface area (Å²) in [5.41, 5.74) is 3.23. The summed E-state index contributed by atoms with van der Waals surface area (Å²) in [5, 5.41) is 12.2. The van der Waals surface area contributed by atoms with Gasteiger partial charge in [0.05, 0.1) is 12.7 Å². The lowest BCUT2D eigenvalue weighted by Gasteiger charge is -2.12. The molecule has 0 heterocycles. The van der Waals surface area contributed by atoms with Crippen molar-refractivity contribution in [2.24, 2.45) is 0 Å². The Kier molecular flexibility index (Phi) is 4.25. The predicted molar refractivity (Wildman–Crippen MR) is 78.5 cm³/mol. The Labute approximate surface area is 118 Å². The number of aromatic carboxylic acids is 1. The first-order valence-electron chi connectivity index (χ1n) is 6.31. The molecule has 20 heavy (non-hydrogen) atoms. The predicted octanol–water partition coefficient (Wildman–Crippen LogP) is 3.31. The monoisotopic (exact) mass is 271 g/mol. The van der Waals surface area contributed by atoms with E-state index in [1.807, 2.05) is 31.2 Å². The van der Waals surface area contributed by atoms with Crippen LogP contribution in [-0.2, 0) is 6.54 Å². The van der Waals surface area contributed by atoms with E-state index in [0.29, 0.717) is 6.54 Å². The molecule has 0 fully saturated rings.